The van der Waals surface area contributed by atoms with Gasteiger partial charge < -0.3 is 15.5 Å². The van der Waals surface area contributed by atoms with Gasteiger partial charge in [-0.15, -0.1) is 0 Å². The summed E-state index contributed by atoms with van der Waals surface area (Å²) in [7, 11) is 0. The van der Waals surface area contributed by atoms with Gasteiger partial charge in [-0.1, -0.05) is 0 Å². The molecule has 1 fully saturated rings. The van der Waals surface area contributed by atoms with Crippen LogP contribution < -0.4 is 10.6 Å². The van der Waals surface area contributed by atoms with Crippen molar-refractivity contribution in [1.29, 1.82) is 0 Å². The van der Waals surface area contributed by atoms with Gasteiger partial charge in [0.2, 0.25) is 0 Å². The Balaban J connectivity index is 1.87. The van der Waals surface area contributed by atoms with Crippen LogP contribution in [0, 0.1) is 0 Å². The van der Waals surface area contributed by atoms with Crippen LogP contribution in [0.15, 0.2) is 23.7 Å². The Morgan fingerprint density at radius 2 is 2.06 bits per heavy atom. The van der Waals surface area contributed by atoms with E-state index in [4.69, 9.17) is 0 Å². The number of nitrogens with one attached hydrogen (secondary N) is 2. The number of allylic oxidation sites excluding steroid dienone is 4. The van der Waals surface area contributed by atoms with E-state index >= 15 is 0 Å². The lowest BCUT2D eigenvalue weighted by Crippen LogP contribution is -2.50. The summed E-state index contributed by atoms with van der Waals surface area (Å²) >= 11 is 0. The molecule has 5 heteroatoms. The van der Waals surface area contributed by atoms with Gasteiger partial charge in [0.1, 0.15) is 5.83 Å². The monoisotopic (exact) mass is 225 g/mol. The van der Waals surface area contributed by atoms with E-state index in [1.165, 1.54) is 6.08 Å². The van der Waals surface area contributed by atoms with Crippen LogP contribution in [0.4, 0.5) is 9.18 Å². The average Bonchev–Trinajstić information content (AvgIpc) is 2.33. The van der Waals surface area contributed by atoms with Gasteiger partial charge in [0.15, 0.2) is 0 Å². The molecule has 1 aliphatic heterocycles. The van der Waals surface area contributed by atoms with Gasteiger partial charge in [0.05, 0.1) is 0 Å². The maximum Gasteiger partial charge on any atom is 0.321 e. The molecule has 0 aromatic carbocycles. The third-order valence-corrected chi connectivity index (χ3v) is 2.77. The first-order chi connectivity index (χ1) is 7.75. The number of urea groups is 1. The van der Waals surface area contributed by atoms with Crippen LogP contribution >= 0.6 is 0 Å². The first-order valence-electron chi connectivity index (χ1n) is 5.57. The molecule has 0 saturated carbocycles. The SMILES string of the molecule is O=C(NC1=CC=C(F)CC1)N1CCNCC1. The fourth-order valence-corrected chi connectivity index (χ4v) is 1.80. The molecule has 0 atom stereocenters. The fourth-order valence-electron chi connectivity index (χ4n) is 1.80. The van der Waals surface area contributed by atoms with E-state index in [1.807, 2.05) is 0 Å². The summed E-state index contributed by atoms with van der Waals surface area (Å²) in [6.07, 6.45) is 4.00. The van der Waals surface area contributed by atoms with E-state index in [0.717, 1.165) is 31.9 Å². The van der Waals surface area contributed by atoms with Crippen molar-refractivity contribution in [1.82, 2.24) is 15.5 Å². The second-order valence-corrected chi connectivity index (χ2v) is 3.97. The molecule has 16 heavy (non-hydrogen) atoms. The van der Waals surface area contributed by atoms with E-state index in [0.29, 0.717) is 12.8 Å². The molecule has 1 heterocycles. The van der Waals surface area contributed by atoms with E-state index in [9.17, 15) is 9.18 Å². The molecule has 4 nitrogen and oxygen atoms in total. The molecule has 2 rings (SSSR count). The van der Waals surface area contributed by atoms with Crippen LogP contribution in [-0.4, -0.2) is 37.1 Å². The molecule has 0 bridgehead atoms. The Morgan fingerprint density at radius 3 is 2.69 bits per heavy atom. The number of piperazine rings is 1. The summed E-state index contributed by atoms with van der Waals surface area (Å²) in [6, 6.07) is -0.0801. The second kappa shape index (κ2) is 5.12. The molecule has 0 radical (unpaired) electrons. The van der Waals surface area contributed by atoms with Crippen LogP contribution in [0.2, 0.25) is 0 Å². The highest BCUT2D eigenvalue weighted by molar-refractivity contribution is 5.76. The van der Waals surface area contributed by atoms with Crippen LogP contribution in [0.5, 0.6) is 0 Å². The van der Waals surface area contributed by atoms with Gasteiger partial charge >= 0.3 is 6.03 Å². The summed E-state index contributed by atoms with van der Waals surface area (Å²) < 4.78 is 12.7. The summed E-state index contributed by atoms with van der Waals surface area (Å²) in [5.74, 6) is -0.125. The summed E-state index contributed by atoms with van der Waals surface area (Å²) in [5.41, 5.74) is 0.796. The minimum atomic E-state index is -0.125. The fraction of sp³-hybridized carbons (Fsp3) is 0.545. The lowest BCUT2D eigenvalue weighted by molar-refractivity contribution is 0.192. The molecule has 0 spiro atoms. The largest absolute Gasteiger partial charge is 0.322 e. The third kappa shape index (κ3) is 2.82. The summed E-state index contributed by atoms with van der Waals surface area (Å²) in [5, 5.41) is 6.00. The molecule has 2 aliphatic rings. The highest BCUT2D eigenvalue weighted by atomic mass is 19.1. The van der Waals surface area contributed by atoms with Crippen LogP contribution in [0.1, 0.15) is 12.8 Å². The first-order valence-corrected chi connectivity index (χ1v) is 5.57. The Morgan fingerprint density at radius 1 is 1.31 bits per heavy atom. The van der Waals surface area contributed by atoms with Gasteiger partial charge in [-0.2, -0.15) is 0 Å². The zero-order valence-electron chi connectivity index (χ0n) is 9.13. The number of nitrogens with zero attached hydrogens (tertiary/aromatic N) is 1. The molecular formula is C11H16FN3O. The van der Waals surface area contributed by atoms with Gasteiger partial charge in [-0.05, 0) is 18.6 Å². The molecule has 0 unspecified atom stereocenters. The quantitative estimate of drug-likeness (QED) is 0.702. The summed E-state index contributed by atoms with van der Waals surface area (Å²) in [6.45, 7) is 3.12. The molecule has 1 saturated heterocycles. The Kier molecular flexibility index (Phi) is 3.56. The van der Waals surface area contributed by atoms with E-state index in [1.54, 1.807) is 11.0 Å². The summed E-state index contributed by atoms with van der Waals surface area (Å²) in [4.78, 5) is 13.5. The molecule has 1 aliphatic carbocycles. The Bertz CT molecular complexity index is 332. The maximum atomic E-state index is 12.7. The predicted octanol–water partition coefficient (Wildman–Crippen LogP) is 1.13. The normalized spacial score (nSPS) is 21.2. The Labute approximate surface area is 94.2 Å². The number of carbonyl (C=O) groups excluding carboxylic acids is 1. The standard InChI is InChI=1S/C11H16FN3O/c12-9-1-3-10(4-2-9)14-11(16)15-7-5-13-6-8-15/h1,3,13H,2,4-8H2,(H,14,16). The van der Waals surface area contributed by atoms with Gasteiger partial charge in [-0.25, -0.2) is 9.18 Å². The Hall–Kier alpha value is -1.36. The van der Waals surface area contributed by atoms with Crippen LogP contribution in [0.3, 0.4) is 0 Å². The van der Waals surface area contributed by atoms with Crippen molar-refractivity contribution >= 4 is 6.03 Å². The molecule has 2 amide bonds. The van der Waals surface area contributed by atoms with Gasteiger partial charge in [-0.3, -0.25) is 0 Å². The first kappa shape index (κ1) is 11.1. The van der Waals surface area contributed by atoms with Crippen molar-refractivity contribution in [2.24, 2.45) is 0 Å². The molecular weight excluding hydrogens is 209 g/mol. The van der Waals surface area contributed by atoms with Gasteiger partial charge in [0.25, 0.3) is 0 Å². The topological polar surface area (TPSA) is 44.4 Å². The number of hydrogen-bond acceptors (Lipinski definition) is 2. The number of hydrogen-bond donors (Lipinski definition) is 2. The lowest BCUT2D eigenvalue weighted by Gasteiger charge is -2.28. The van der Waals surface area contributed by atoms with Crippen molar-refractivity contribution in [3.05, 3.63) is 23.7 Å². The predicted molar refractivity (Wildman–Crippen MR) is 59.5 cm³/mol. The minimum absolute atomic E-state index is 0.0801. The van der Waals surface area contributed by atoms with Crippen molar-refractivity contribution in [2.45, 2.75) is 12.8 Å². The van der Waals surface area contributed by atoms with E-state index in [-0.39, 0.29) is 11.9 Å². The average molecular weight is 225 g/mol. The van der Waals surface area contributed by atoms with Gasteiger partial charge in [0, 0.05) is 38.3 Å². The number of amides is 2. The minimum Gasteiger partial charge on any atom is -0.322 e. The van der Waals surface area contributed by atoms with Crippen molar-refractivity contribution < 1.29 is 9.18 Å². The number of halogens is 1. The highest BCUT2D eigenvalue weighted by Crippen LogP contribution is 2.17. The smallest absolute Gasteiger partial charge is 0.321 e. The number of carbonyl (C=O) groups is 1. The molecule has 2 N–H and O–H groups in total. The molecule has 0 aromatic heterocycles. The number of rotatable bonds is 1. The van der Waals surface area contributed by atoms with Crippen LogP contribution in [0.25, 0.3) is 0 Å². The third-order valence-electron chi connectivity index (χ3n) is 2.77. The van der Waals surface area contributed by atoms with E-state index < -0.39 is 0 Å². The molecule has 0 aromatic rings. The molecule has 88 valence electrons. The van der Waals surface area contributed by atoms with Crippen molar-refractivity contribution in [2.75, 3.05) is 26.2 Å². The highest BCUT2D eigenvalue weighted by Gasteiger charge is 2.17. The zero-order valence-corrected chi connectivity index (χ0v) is 9.13. The second-order valence-electron chi connectivity index (χ2n) is 3.97. The van der Waals surface area contributed by atoms with Crippen molar-refractivity contribution in [3.63, 3.8) is 0 Å². The maximum absolute atomic E-state index is 12.7. The van der Waals surface area contributed by atoms with Crippen LogP contribution in [-0.2, 0) is 0 Å². The lowest BCUT2D eigenvalue weighted by atomic mass is 10.1. The van der Waals surface area contributed by atoms with E-state index in [2.05, 4.69) is 10.6 Å². The zero-order chi connectivity index (χ0) is 11.4. The van der Waals surface area contributed by atoms with Crippen molar-refractivity contribution in [3.8, 4) is 0 Å².